The standard InChI is InChI=1S/C13H20N2O2S/c16-18(17,13-7-2-1-3-8-13)15-11-9-12-6-4-5-10-14-12/h1-3,7-8,12,14-15H,4-6,9-11H2. The van der Waals surface area contributed by atoms with E-state index in [9.17, 15) is 8.42 Å². The second kappa shape index (κ2) is 6.31. The van der Waals surface area contributed by atoms with Gasteiger partial charge < -0.3 is 5.32 Å². The third kappa shape index (κ3) is 3.80. The molecular weight excluding hydrogens is 248 g/mol. The first-order chi connectivity index (χ1) is 8.68. The topological polar surface area (TPSA) is 58.2 Å². The monoisotopic (exact) mass is 268 g/mol. The molecule has 1 heterocycles. The van der Waals surface area contributed by atoms with Crippen molar-refractivity contribution in [2.24, 2.45) is 0 Å². The van der Waals surface area contributed by atoms with Crippen molar-refractivity contribution in [3.63, 3.8) is 0 Å². The van der Waals surface area contributed by atoms with E-state index in [0.29, 0.717) is 17.5 Å². The Bertz CT molecular complexity index is 453. The fourth-order valence-corrected chi connectivity index (χ4v) is 3.29. The summed E-state index contributed by atoms with van der Waals surface area (Å²) < 4.78 is 26.5. The van der Waals surface area contributed by atoms with E-state index >= 15 is 0 Å². The van der Waals surface area contributed by atoms with Gasteiger partial charge in [-0.05, 0) is 37.9 Å². The Morgan fingerprint density at radius 3 is 2.67 bits per heavy atom. The van der Waals surface area contributed by atoms with Crippen LogP contribution in [0.3, 0.4) is 0 Å². The lowest BCUT2D eigenvalue weighted by Gasteiger charge is -2.23. The predicted molar refractivity (Wildman–Crippen MR) is 71.9 cm³/mol. The van der Waals surface area contributed by atoms with Gasteiger partial charge in [-0.3, -0.25) is 0 Å². The molecule has 0 aliphatic carbocycles. The highest BCUT2D eigenvalue weighted by molar-refractivity contribution is 7.89. The minimum atomic E-state index is -3.34. The Morgan fingerprint density at radius 1 is 1.22 bits per heavy atom. The maximum Gasteiger partial charge on any atom is 0.240 e. The fraction of sp³-hybridized carbons (Fsp3) is 0.538. The summed E-state index contributed by atoms with van der Waals surface area (Å²) >= 11 is 0. The molecule has 4 nitrogen and oxygen atoms in total. The summed E-state index contributed by atoms with van der Waals surface area (Å²) in [6.07, 6.45) is 4.47. The van der Waals surface area contributed by atoms with Gasteiger partial charge in [0.25, 0.3) is 0 Å². The zero-order valence-electron chi connectivity index (χ0n) is 10.4. The summed E-state index contributed by atoms with van der Waals surface area (Å²) in [5, 5.41) is 3.41. The van der Waals surface area contributed by atoms with Gasteiger partial charge in [-0.25, -0.2) is 13.1 Å². The summed E-state index contributed by atoms with van der Waals surface area (Å²) in [6, 6.07) is 8.96. The van der Waals surface area contributed by atoms with Crippen molar-refractivity contribution < 1.29 is 8.42 Å². The predicted octanol–water partition coefficient (Wildman–Crippen LogP) is 1.50. The molecule has 2 N–H and O–H groups in total. The van der Waals surface area contributed by atoms with E-state index in [1.807, 2.05) is 6.07 Å². The molecule has 5 heteroatoms. The summed E-state index contributed by atoms with van der Waals surface area (Å²) in [7, 11) is -3.34. The number of benzene rings is 1. The molecule has 0 spiro atoms. The zero-order valence-corrected chi connectivity index (χ0v) is 11.2. The molecule has 1 aliphatic rings. The lowest BCUT2D eigenvalue weighted by atomic mass is 10.0. The van der Waals surface area contributed by atoms with Crippen LogP contribution in [-0.2, 0) is 10.0 Å². The Balaban J connectivity index is 1.82. The van der Waals surface area contributed by atoms with Crippen molar-refractivity contribution in [3.8, 4) is 0 Å². The molecule has 1 atom stereocenters. The summed E-state index contributed by atoms with van der Waals surface area (Å²) in [5.41, 5.74) is 0. The van der Waals surface area contributed by atoms with Gasteiger partial charge >= 0.3 is 0 Å². The van der Waals surface area contributed by atoms with Gasteiger partial charge in [-0.15, -0.1) is 0 Å². The van der Waals surface area contributed by atoms with Crippen molar-refractivity contribution in [1.82, 2.24) is 10.0 Å². The highest BCUT2D eigenvalue weighted by Crippen LogP contribution is 2.11. The van der Waals surface area contributed by atoms with Gasteiger partial charge in [-0.1, -0.05) is 24.6 Å². The van der Waals surface area contributed by atoms with Crippen LogP contribution >= 0.6 is 0 Å². The van der Waals surface area contributed by atoms with Crippen molar-refractivity contribution in [2.75, 3.05) is 13.1 Å². The van der Waals surface area contributed by atoms with Crippen LogP contribution in [0, 0.1) is 0 Å². The smallest absolute Gasteiger partial charge is 0.240 e. The Kier molecular flexibility index (Phi) is 4.74. The number of rotatable bonds is 5. The molecule has 1 fully saturated rings. The van der Waals surface area contributed by atoms with Crippen LogP contribution in [0.5, 0.6) is 0 Å². The normalized spacial score (nSPS) is 20.8. The molecule has 1 aromatic carbocycles. The van der Waals surface area contributed by atoms with E-state index < -0.39 is 10.0 Å². The first kappa shape index (κ1) is 13.5. The second-order valence-corrected chi connectivity index (χ2v) is 6.41. The van der Waals surface area contributed by atoms with E-state index in [0.717, 1.165) is 19.4 Å². The maximum absolute atomic E-state index is 11.9. The van der Waals surface area contributed by atoms with Gasteiger partial charge in [-0.2, -0.15) is 0 Å². The summed E-state index contributed by atoms with van der Waals surface area (Å²) in [5.74, 6) is 0. The van der Waals surface area contributed by atoms with E-state index in [1.54, 1.807) is 24.3 Å². The molecule has 18 heavy (non-hydrogen) atoms. The first-order valence-electron chi connectivity index (χ1n) is 6.46. The zero-order chi connectivity index (χ0) is 12.8. The highest BCUT2D eigenvalue weighted by Gasteiger charge is 2.15. The average Bonchev–Trinajstić information content (AvgIpc) is 2.41. The van der Waals surface area contributed by atoms with E-state index in [4.69, 9.17) is 0 Å². The van der Waals surface area contributed by atoms with Crippen molar-refractivity contribution in [2.45, 2.75) is 36.6 Å². The third-order valence-corrected chi connectivity index (χ3v) is 4.73. The number of piperidine rings is 1. The number of nitrogens with one attached hydrogen (secondary N) is 2. The fourth-order valence-electron chi connectivity index (χ4n) is 2.22. The summed E-state index contributed by atoms with van der Waals surface area (Å²) in [4.78, 5) is 0.335. The minimum Gasteiger partial charge on any atom is -0.314 e. The number of hydrogen-bond acceptors (Lipinski definition) is 3. The molecule has 0 saturated carbocycles. The average molecular weight is 268 g/mol. The minimum absolute atomic E-state index is 0.335. The number of sulfonamides is 1. The molecule has 100 valence electrons. The van der Waals surface area contributed by atoms with Gasteiger partial charge in [0, 0.05) is 12.6 Å². The number of hydrogen-bond donors (Lipinski definition) is 2. The largest absolute Gasteiger partial charge is 0.314 e. The van der Waals surface area contributed by atoms with Crippen molar-refractivity contribution in [3.05, 3.63) is 30.3 Å². The van der Waals surface area contributed by atoms with Crippen LogP contribution in [0.15, 0.2) is 35.2 Å². The molecule has 1 aliphatic heterocycles. The van der Waals surface area contributed by atoms with Crippen LogP contribution in [0.1, 0.15) is 25.7 Å². The molecule has 2 rings (SSSR count). The van der Waals surface area contributed by atoms with Crippen molar-refractivity contribution in [1.29, 1.82) is 0 Å². The van der Waals surface area contributed by atoms with Crippen LogP contribution in [0.2, 0.25) is 0 Å². The maximum atomic E-state index is 11.9. The van der Waals surface area contributed by atoms with Crippen LogP contribution < -0.4 is 10.0 Å². The van der Waals surface area contributed by atoms with Crippen LogP contribution in [-0.4, -0.2) is 27.5 Å². The van der Waals surface area contributed by atoms with E-state index in [-0.39, 0.29) is 0 Å². The SMILES string of the molecule is O=S(=O)(NCCC1CCCCN1)c1ccccc1. The Morgan fingerprint density at radius 2 is 2.00 bits per heavy atom. The molecule has 0 aromatic heterocycles. The Hall–Kier alpha value is -0.910. The molecule has 1 aromatic rings. The molecule has 0 amide bonds. The van der Waals surface area contributed by atoms with Gasteiger partial charge in [0.1, 0.15) is 0 Å². The molecule has 1 saturated heterocycles. The molecule has 1 unspecified atom stereocenters. The van der Waals surface area contributed by atoms with Crippen molar-refractivity contribution >= 4 is 10.0 Å². The quantitative estimate of drug-likeness (QED) is 0.851. The van der Waals surface area contributed by atoms with Gasteiger partial charge in [0.2, 0.25) is 10.0 Å². The van der Waals surface area contributed by atoms with Gasteiger partial charge in [0.05, 0.1) is 4.90 Å². The van der Waals surface area contributed by atoms with E-state index in [1.165, 1.54) is 12.8 Å². The Labute approximate surface area is 109 Å². The lowest BCUT2D eigenvalue weighted by molar-refractivity contribution is 0.382. The lowest BCUT2D eigenvalue weighted by Crippen LogP contribution is -2.37. The van der Waals surface area contributed by atoms with E-state index in [2.05, 4.69) is 10.0 Å². The summed E-state index contributed by atoms with van der Waals surface area (Å²) in [6.45, 7) is 1.55. The highest BCUT2D eigenvalue weighted by atomic mass is 32.2. The van der Waals surface area contributed by atoms with Gasteiger partial charge in [0.15, 0.2) is 0 Å². The van der Waals surface area contributed by atoms with Crippen LogP contribution in [0.25, 0.3) is 0 Å². The third-order valence-electron chi connectivity index (χ3n) is 3.25. The first-order valence-corrected chi connectivity index (χ1v) is 7.95. The second-order valence-electron chi connectivity index (χ2n) is 4.65. The molecular formula is C13H20N2O2S. The molecule has 0 radical (unpaired) electrons. The van der Waals surface area contributed by atoms with Crippen LogP contribution in [0.4, 0.5) is 0 Å². The molecule has 0 bridgehead atoms.